The summed E-state index contributed by atoms with van der Waals surface area (Å²) in [5, 5.41) is 15.2. The Morgan fingerprint density at radius 2 is 1.66 bits per heavy atom. The molecule has 2 amide bonds. The molecule has 1 unspecified atom stereocenters. The van der Waals surface area contributed by atoms with Gasteiger partial charge < -0.3 is 25.2 Å². The highest BCUT2D eigenvalue weighted by atomic mass is 16.5. The Kier molecular flexibility index (Phi) is 7.70. The monoisotopic (exact) mass is 480 g/mol. The summed E-state index contributed by atoms with van der Waals surface area (Å²) >= 11 is 0. The van der Waals surface area contributed by atoms with Crippen molar-refractivity contribution in [2.45, 2.75) is 44.1 Å². The average molecular weight is 481 g/mol. The maximum Gasteiger partial charge on any atom is 0.407 e. The molecule has 1 fully saturated rings. The number of rotatable bonds is 9. The van der Waals surface area contributed by atoms with Crippen LogP contribution in [0.5, 0.6) is 0 Å². The molecule has 2 aliphatic rings. The molecule has 3 N–H and O–H groups in total. The number of carbonyl (C=O) groups is 3. The number of amides is 2. The Bertz CT molecular complexity index is 1030. The van der Waals surface area contributed by atoms with Crippen molar-refractivity contribution in [3.63, 3.8) is 0 Å². The summed E-state index contributed by atoms with van der Waals surface area (Å²) in [4.78, 5) is 37.4. The van der Waals surface area contributed by atoms with Gasteiger partial charge in [0.25, 0.3) is 0 Å². The van der Waals surface area contributed by atoms with Gasteiger partial charge in [-0.15, -0.1) is 0 Å². The number of carbonyl (C=O) groups excluding carboxylic acids is 2. The molecule has 0 spiro atoms. The molecule has 4 rings (SSSR count). The molecule has 186 valence electrons. The fourth-order valence-electron chi connectivity index (χ4n) is 4.98. The van der Waals surface area contributed by atoms with Gasteiger partial charge in [0, 0.05) is 38.5 Å². The van der Waals surface area contributed by atoms with Crippen molar-refractivity contribution in [1.82, 2.24) is 10.6 Å². The summed E-state index contributed by atoms with van der Waals surface area (Å²) < 4.78 is 10.8. The lowest BCUT2D eigenvalue weighted by atomic mass is 9.89. The number of aliphatic carboxylic acids is 1. The maximum absolute atomic E-state index is 13.0. The molecular formula is C27H32N2O6. The van der Waals surface area contributed by atoms with E-state index >= 15 is 0 Å². The zero-order chi connectivity index (χ0) is 24.8. The zero-order valence-electron chi connectivity index (χ0n) is 19.9. The topological polar surface area (TPSA) is 114 Å². The van der Waals surface area contributed by atoms with Crippen molar-refractivity contribution in [3.05, 3.63) is 59.7 Å². The number of nitrogens with one attached hydrogen (secondary N) is 2. The zero-order valence-corrected chi connectivity index (χ0v) is 19.9. The first-order valence-electron chi connectivity index (χ1n) is 12.2. The molecule has 0 saturated carbocycles. The molecule has 8 heteroatoms. The van der Waals surface area contributed by atoms with Crippen LogP contribution in [-0.2, 0) is 19.1 Å². The lowest BCUT2D eigenvalue weighted by Crippen LogP contribution is -2.59. The van der Waals surface area contributed by atoms with Gasteiger partial charge in [-0.25, -0.2) is 9.59 Å². The van der Waals surface area contributed by atoms with Crippen LogP contribution < -0.4 is 10.6 Å². The molecule has 1 aliphatic heterocycles. The van der Waals surface area contributed by atoms with Crippen molar-refractivity contribution in [2.75, 3.05) is 26.4 Å². The smallest absolute Gasteiger partial charge is 0.407 e. The molecule has 1 atom stereocenters. The van der Waals surface area contributed by atoms with Crippen LogP contribution in [0, 0.1) is 5.92 Å². The van der Waals surface area contributed by atoms with E-state index in [4.69, 9.17) is 9.47 Å². The molecule has 2 aromatic rings. The second kappa shape index (κ2) is 10.9. The summed E-state index contributed by atoms with van der Waals surface area (Å²) in [7, 11) is 0. The summed E-state index contributed by atoms with van der Waals surface area (Å²) in [5.41, 5.74) is 3.22. The normalized spacial score (nSPS) is 17.1. The lowest BCUT2D eigenvalue weighted by Gasteiger charge is -2.35. The lowest BCUT2D eigenvalue weighted by molar-refractivity contribution is -0.152. The Labute approximate surface area is 205 Å². The second-order valence-corrected chi connectivity index (χ2v) is 9.18. The maximum atomic E-state index is 13.0. The van der Waals surface area contributed by atoms with Crippen molar-refractivity contribution in [1.29, 1.82) is 0 Å². The summed E-state index contributed by atoms with van der Waals surface area (Å²) in [5.74, 6) is -2.05. The highest BCUT2D eigenvalue weighted by Gasteiger charge is 2.42. The van der Waals surface area contributed by atoms with E-state index < -0.39 is 23.5 Å². The highest BCUT2D eigenvalue weighted by molar-refractivity contribution is 5.88. The molecule has 1 aliphatic carbocycles. The van der Waals surface area contributed by atoms with Crippen molar-refractivity contribution in [3.8, 4) is 11.1 Å². The number of carboxylic acid groups (broad SMARTS) is 1. The van der Waals surface area contributed by atoms with Crippen LogP contribution in [0.25, 0.3) is 11.1 Å². The van der Waals surface area contributed by atoms with Gasteiger partial charge in [0.2, 0.25) is 5.91 Å². The number of benzene rings is 2. The van der Waals surface area contributed by atoms with E-state index in [1.54, 1.807) is 0 Å². The van der Waals surface area contributed by atoms with Gasteiger partial charge in [-0.3, -0.25) is 4.79 Å². The van der Waals surface area contributed by atoms with Crippen LogP contribution >= 0.6 is 0 Å². The third-order valence-corrected chi connectivity index (χ3v) is 6.96. The third kappa shape index (κ3) is 5.32. The average Bonchev–Trinajstić information content (AvgIpc) is 3.19. The predicted molar refractivity (Wildman–Crippen MR) is 130 cm³/mol. The fraction of sp³-hybridized carbons (Fsp3) is 0.444. The van der Waals surface area contributed by atoms with Gasteiger partial charge in [0.15, 0.2) is 0 Å². The first kappa shape index (κ1) is 24.7. The van der Waals surface area contributed by atoms with Gasteiger partial charge in [-0.2, -0.15) is 0 Å². The van der Waals surface area contributed by atoms with Gasteiger partial charge in [0.05, 0.1) is 5.92 Å². The predicted octanol–water partition coefficient (Wildman–Crippen LogP) is 3.69. The molecule has 1 heterocycles. The van der Waals surface area contributed by atoms with Gasteiger partial charge in [-0.1, -0.05) is 61.9 Å². The van der Waals surface area contributed by atoms with E-state index in [1.165, 1.54) is 0 Å². The number of alkyl carbamates (subject to hydrolysis) is 1. The Morgan fingerprint density at radius 1 is 1.06 bits per heavy atom. The molecule has 35 heavy (non-hydrogen) atoms. The molecule has 0 radical (unpaired) electrons. The minimum Gasteiger partial charge on any atom is -0.480 e. The van der Waals surface area contributed by atoms with E-state index in [0.717, 1.165) is 22.3 Å². The summed E-state index contributed by atoms with van der Waals surface area (Å²) in [6.07, 6.45) is 1.06. The molecule has 0 bridgehead atoms. The van der Waals surface area contributed by atoms with E-state index in [0.29, 0.717) is 12.8 Å². The van der Waals surface area contributed by atoms with Crippen molar-refractivity contribution < 1.29 is 29.0 Å². The molecular weight excluding hydrogens is 448 g/mol. The standard InChI is InChI=1S/C27H32N2O6/c1-2-7-18(24(30)29-27(25(31)32)12-14-34-15-13-27)16-28-26(33)35-17-23-21-10-5-3-8-19(21)20-9-4-6-11-22(20)23/h3-6,8-11,18,23H,2,7,12-17H2,1H3,(H,28,33)(H,29,30)(H,31,32). The van der Waals surface area contributed by atoms with Crippen LogP contribution in [0.4, 0.5) is 4.79 Å². The molecule has 1 saturated heterocycles. The Morgan fingerprint density at radius 3 is 2.23 bits per heavy atom. The van der Waals surface area contributed by atoms with Crippen LogP contribution in [0.3, 0.4) is 0 Å². The molecule has 0 aromatic heterocycles. The summed E-state index contributed by atoms with van der Waals surface area (Å²) in [6, 6.07) is 16.2. The molecule has 2 aromatic carbocycles. The van der Waals surface area contributed by atoms with Crippen LogP contribution in [0.15, 0.2) is 48.5 Å². The number of hydrogen-bond donors (Lipinski definition) is 3. The second-order valence-electron chi connectivity index (χ2n) is 9.18. The fourth-order valence-corrected chi connectivity index (χ4v) is 4.98. The third-order valence-electron chi connectivity index (χ3n) is 6.96. The van der Waals surface area contributed by atoms with Crippen molar-refractivity contribution in [2.24, 2.45) is 5.92 Å². The number of hydrogen-bond acceptors (Lipinski definition) is 5. The van der Waals surface area contributed by atoms with E-state index in [1.807, 2.05) is 31.2 Å². The molecule has 8 nitrogen and oxygen atoms in total. The van der Waals surface area contributed by atoms with E-state index in [2.05, 4.69) is 34.9 Å². The van der Waals surface area contributed by atoms with Gasteiger partial charge in [-0.05, 0) is 28.7 Å². The van der Waals surface area contributed by atoms with E-state index in [-0.39, 0.29) is 51.0 Å². The Balaban J connectivity index is 1.35. The number of ether oxygens (including phenoxy) is 2. The quantitative estimate of drug-likeness (QED) is 0.504. The Hall–Kier alpha value is -3.39. The first-order valence-corrected chi connectivity index (χ1v) is 12.2. The SMILES string of the molecule is CCCC(CNC(=O)OCC1c2ccccc2-c2ccccc21)C(=O)NC1(C(=O)O)CCOCC1. The van der Waals surface area contributed by atoms with Crippen LogP contribution in [-0.4, -0.2) is 55.0 Å². The number of carboxylic acids is 1. The summed E-state index contributed by atoms with van der Waals surface area (Å²) in [6.45, 7) is 2.76. The van der Waals surface area contributed by atoms with E-state index in [9.17, 15) is 19.5 Å². The van der Waals surface area contributed by atoms with Crippen LogP contribution in [0.2, 0.25) is 0 Å². The number of fused-ring (bicyclic) bond motifs is 3. The minimum absolute atomic E-state index is 0.0492. The first-order chi connectivity index (χ1) is 16.9. The van der Waals surface area contributed by atoms with Crippen molar-refractivity contribution >= 4 is 18.0 Å². The van der Waals surface area contributed by atoms with Crippen LogP contribution in [0.1, 0.15) is 49.7 Å². The largest absolute Gasteiger partial charge is 0.480 e. The minimum atomic E-state index is -1.33. The highest BCUT2D eigenvalue weighted by Crippen LogP contribution is 2.44. The van der Waals surface area contributed by atoms with Gasteiger partial charge in [0.1, 0.15) is 12.1 Å². The van der Waals surface area contributed by atoms with Gasteiger partial charge >= 0.3 is 12.1 Å².